The first kappa shape index (κ1) is 16.0. The summed E-state index contributed by atoms with van der Waals surface area (Å²) in [6, 6.07) is 4.26. The van der Waals surface area contributed by atoms with Crippen molar-refractivity contribution in [1.29, 1.82) is 0 Å². The van der Waals surface area contributed by atoms with E-state index in [4.69, 9.17) is 4.74 Å². The predicted octanol–water partition coefficient (Wildman–Crippen LogP) is 1.76. The van der Waals surface area contributed by atoms with E-state index in [0.717, 1.165) is 38.9 Å². The molecule has 1 aromatic rings. The smallest absolute Gasteiger partial charge is 0.217 e. The van der Waals surface area contributed by atoms with Crippen molar-refractivity contribution in [3.05, 3.63) is 22.4 Å². The van der Waals surface area contributed by atoms with Crippen LogP contribution in [0.5, 0.6) is 0 Å². The topological polar surface area (TPSA) is 49.9 Å². The SMILES string of the molecule is O=S(=O)(C1CC1)N1CCOC[C@]2(CCN(Cc3cccs3)C2)C1. The summed E-state index contributed by atoms with van der Waals surface area (Å²) in [4.78, 5) is 3.82. The van der Waals surface area contributed by atoms with Gasteiger partial charge in [0.1, 0.15) is 0 Å². The first-order valence-electron chi connectivity index (χ1n) is 8.39. The van der Waals surface area contributed by atoms with Gasteiger partial charge in [-0.1, -0.05) is 6.07 Å². The third-order valence-corrected chi connectivity index (χ3v) is 8.39. The third kappa shape index (κ3) is 3.35. The summed E-state index contributed by atoms with van der Waals surface area (Å²) in [5.41, 5.74) is -0.0320. The summed E-state index contributed by atoms with van der Waals surface area (Å²) in [7, 11) is -3.11. The van der Waals surface area contributed by atoms with Crippen LogP contribution in [0.3, 0.4) is 0 Å². The Labute approximate surface area is 142 Å². The Bertz CT molecular complexity index is 642. The summed E-state index contributed by atoms with van der Waals surface area (Å²) in [5, 5.41) is 1.99. The van der Waals surface area contributed by atoms with Crippen molar-refractivity contribution >= 4 is 21.4 Å². The average Bonchev–Trinajstić information content (AvgIpc) is 3.20. The Morgan fingerprint density at radius 3 is 2.91 bits per heavy atom. The Hall–Kier alpha value is -0.470. The molecule has 0 aromatic carbocycles. The monoisotopic (exact) mass is 356 g/mol. The molecule has 0 radical (unpaired) electrons. The number of hydrogen-bond acceptors (Lipinski definition) is 5. The van der Waals surface area contributed by atoms with E-state index in [2.05, 4.69) is 22.4 Å². The molecule has 1 atom stereocenters. The molecule has 23 heavy (non-hydrogen) atoms. The highest BCUT2D eigenvalue weighted by Crippen LogP contribution is 2.38. The summed E-state index contributed by atoms with van der Waals surface area (Å²) in [6.45, 7) is 5.29. The maximum absolute atomic E-state index is 12.6. The highest BCUT2D eigenvalue weighted by atomic mass is 32.2. The van der Waals surface area contributed by atoms with Crippen LogP contribution in [0.15, 0.2) is 17.5 Å². The Morgan fingerprint density at radius 1 is 1.30 bits per heavy atom. The van der Waals surface area contributed by atoms with E-state index in [1.807, 2.05) is 0 Å². The molecule has 5 nitrogen and oxygen atoms in total. The Kier molecular flexibility index (Phi) is 4.26. The minimum atomic E-state index is -3.11. The molecule has 3 heterocycles. The molecular formula is C16H24N2O3S2. The molecule has 1 spiro atoms. The molecule has 2 aliphatic heterocycles. The van der Waals surface area contributed by atoms with Crippen LogP contribution in [0.4, 0.5) is 0 Å². The lowest BCUT2D eigenvalue weighted by molar-refractivity contribution is 0.0722. The first-order valence-corrected chi connectivity index (χ1v) is 10.8. The molecule has 3 aliphatic rings. The maximum atomic E-state index is 12.6. The maximum Gasteiger partial charge on any atom is 0.217 e. The Morgan fingerprint density at radius 2 is 2.17 bits per heavy atom. The van der Waals surface area contributed by atoms with Crippen molar-refractivity contribution in [2.24, 2.45) is 5.41 Å². The van der Waals surface area contributed by atoms with Crippen molar-refractivity contribution < 1.29 is 13.2 Å². The van der Waals surface area contributed by atoms with Crippen molar-refractivity contribution in [1.82, 2.24) is 9.21 Å². The molecule has 1 aromatic heterocycles. The van der Waals surface area contributed by atoms with Crippen molar-refractivity contribution in [2.75, 3.05) is 39.4 Å². The second-order valence-electron chi connectivity index (χ2n) is 7.17. The van der Waals surface area contributed by atoms with Crippen molar-refractivity contribution in [3.63, 3.8) is 0 Å². The minimum Gasteiger partial charge on any atom is -0.379 e. The van der Waals surface area contributed by atoms with Crippen LogP contribution in [0, 0.1) is 5.41 Å². The highest BCUT2D eigenvalue weighted by Gasteiger charge is 2.47. The van der Waals surface area contributed by atoms with Gasteiger partial charge in [-0.2, -0.15) is 4.31 Å². The van der Waals surface area contributed by atoms with Crippen molar-refractivity contribution in [2.45, 2.75) is 31.1 Å². The van der Waals surface area contributed by atoms with E-state index in [1.165, 1.54) is 4.88 Å². The lowest BCUT2D eigenvalue weighted by Gasteiger charge is -2.31. The van der Waals surface area contributed by atoms with Gasteiger partial charge in [-0.25, -0.2) is 8.42 Å². The van der Waals surface area contributed by atoms with Crippen LogP contribution in [0.1, 0.15) is 24.1 Å². The lowest BCUT2D eigenvalue weighted by atomic mass is 9.88. The number of nitrogens with zero attached hydrogens (tertiary/aromatic N) is 2. The zero-order valence-corrected chi connectivity index (χ0v) is 14.9. The normalized spacial score (nSPS) is 30.8. The number of rotatable bonds is 4. The fourth-order valence-corrected chi connectivity index (χ4v) is 6.46. The van der Waals surface area contributed by atoms with Crippen LogP contribution >= 0.6 is 11.3 Å². The summed E-state index contributed by atoms with van der Waals surface area (Å²) < 4.78 is 32.8. The fourth-order valence-electron chi connectivity index (χ4n) is 3.78. The van der Waals surface area contributed by atoms with E-state index in [-0.39, 0.29) is 10.7 Å². The van der Waals surface area contributed by atoms with Crippen LogP contribution in [-0.4, -0.2) is 62.3 Å². The fraction of sp³-hybridized carbons (Fsp3) is 0.750. The number of sulfonamides is 1. The van der Waals surface area contributed by atoms with Gasteiger partial charge in [0.05, 0.1) is 18.5 Å². The van der Waals surface area contributed by atoms with Crippen LogP contribution < -0.4 is 0 Å². The van der Waals surface area contributed by atoms with E-state index >= 15 is 0 Å². The number of hydrogen-bond donors (Lipinski definition) is 0. The van der Waals surface area contributed by atoms with Gasteiger partial charge >= 0.3 is 0 Å². The zero-order chi connectivity index (χ0) is 15.9. The van der Waals surface area contributed by atoms with E-state index in [1.54, 1.807) is 15.6 Å². The van der Waals surface area contributed by atoms with Crippen LogP contribution in [0.2, 0.25) is 0 Å². The quantitative estimate of drug-likeness (QED) is 0.825. The molecule has 0 unspecified atom stereocenters. The molecule has 0 amide bonds. The largest absolute Gasteiger partial charge is 0.379 e. The van der Waals surface area contributed by atoms with Gasteiger partial charge in [0.25, 0.3) is 0 Å². The van der Waals surface area contributed by atoms with Crippen molar-refractivity contribution in [3.8, 4) is 0 Å². The van der Waals surface area contributed by atoms with E-state index < -0.39 is 10.0 Å². The molecule has 0 bridgehead atoms. The van der Waals surface area contributed by atoms with Gasteiger partial charge in [-0.3, -0.25) is 4.90 Å². The minimum absolute atomic E-state index is 0.0320. The molecular weight excluding hydrogens is 332 g/mol. The zero-order valence-electron chi connectivity index (χ0n) is 13.3. The highest BCUT2D eigenvalue weighted by molar-refractivity contribution is 7.90. The summed E-state index contributed by atoms with van der Waals surface area (Å²) in [6.07, 6.45) is 2.68. The van der Waals surface area contributed by atoms with Gasteiger partial charge in [0.15, 0.2) is 0 Å². The second-order valence-corrected chi connectivity index (χ2v) is 10.4. The lowest BCUT2D eigenvalue weighted by Crippen LogP contribution is -2.44. The molecule has 2 saturated heterocycles. The first-order chi connectivity index (χ1) is 11.1. The predicted molar refractivity (Wildman–Crippen MR) is 91.0 cm³/mol. The average molecular weight is 357 g/mol. The molecule has 0 N–H and O–H groups in total. The standard InChI is InChI=1S/C16H24N2O3S2/c19-23(20,15-3-4-15)18-7-8-21-13-16(12-18)5-6-17(11-16)10-14-2-1-9-22-14/h1-2,9,15H,3-8,10-13H2/t16-/m0/s1. The molecule has 1 saturated carbocycles. The molecule has 1 aliphatic carbocycles. The van der Waals surface area contributed by atoms with Crippen LogP contribution in [-0.2, 0) is 21.3 Å². The third-order valence-electron chi connectivity index (χ3n) is 5.19. The van der Waals surface area contributed by atoms with E-state index in [0.29, 0.717) is 26.3 Å². The van der Waals surface area contributed by atoms with Gasteiger partial charge in [0, 0.05) is 36.5 Å². The molecule has 3 fully saturated rings. The number of ether oxygens (including phenoxy) is 1. The number of thiophene rings is 1. The van der Waals surface area contributed by atoms with Gasteiger partial charge in [-0.05, 0) is 37.3 Å². The summed E-state index contributed by atoms with van der Waals surface area (Å²) >= 11 is 1.79. The second kappa shape index (κ2) is 6.11. The van der Waals surface area contributed by atoms with E-state index in [9.17, 15) is 8.42 Å². The van der Waals surface area contributed by atoms with Gasteiger partial charge in [0.2, 0.25) is 10.0 Å². The molecule has 4 rings (SSSR count). The Balaban J connectivity index is 1.46. The van der Waals surface area contributed by atoms with Gasteiger partial charge in [-0.15, -0.1) is 11.3 Å². The van der Waals surface area contributed by atoms with Gasteiger partial charge < -0.3 is 4.74 Å². The number of likely N-dealkylation sites (tertiary alicyclic amines) is 1. The molecule has 7 heteroatoms. The molecule has 128 valence electrons. The summed E-state index contributed by atoms with van der Waals surface area (Å²) in [5.74, 6) is 0. The van der Waals surface area contributed by atoms with Crippen LogP contribution in [0.25, 0.3) is 0 Å².